The minimum atomic E-state index is -0.568. The Kier molecular flexibility index (Phi) is 3.60. The van der Waals surface area contributed by atoms with E-state index in [0.29, 0.717) is 31.4 Å². The molecule has 6 heteroatoms. The van der Waals surface area contributed by atoms with E-state index in [0.717, 1.165) is 11.3 Å². The van der Waals surface area contributed by atoms with E-state index in [2.05, 4.69) is 5.32 Å². The summed E-state index contributed by atoms with van der Waals surface area (Å²) < 4.78 is 0. The average Bonchev–Trinajstić information content (AvgIpc) is 2.70. The summed E-state index contributed by atoms with van der Waals surface area (Å²) in [5.74, 6) is -0.756. The van der Waals surface area contributed by atoms with Crippen LogP contribution in [0.2, 0.25) is 0 Å². The van der Waals surface area contributed by atoms with Gasteiger partial charge in [-0.3, -0.25) is 19.7 Å². The Balaban J connectivity index is 1.92. The summed E-state index contributed by atoms with van der Waals surface area (Å²) in [5.41, 5.74) is 2.58. The first-order valence-electron chi connectivity index (χ1n) is 7.43. The Morgan fingerprint density at radius 1 is 1.23 bits per heavy atom. The molecule has 3 rings (SSSR count). The third-order valence-electron chi connectivity index (χ3n) is 4.28. The Labute approximate surface area is 129 Å². The highest BCUT2D eigenvalue weighted by Gasteiger charge is 2.38. The van der Waals surface area contributed by atoms with Gasteiger partial charge in [0, 0.05) is 43.9 Å². The molecule has 2 aliphatic rings. The van der Waals surface area contributed by atoms with Crippen LogP contribution in [0.3, 0.4) is 0 Å². The maximum absolute atomic E-state index is 12.7. The molecule has 22 heavy (non-hydrogen) atoms. The number of fused-ring (bicyclic) bond motifs is 1. The van der Waals surface area contributed by atoms with Crippen molar-refractivity contribution < 1.29 is 14.4 Å². The molecule has 1 aromatic rings. The van der Waals surface area contributed by atoms with Crippen LogP contribution in [-0.2, 0) is 16.1 Å². The number of imide groups is 1. The van der Waals surface area contributed by atoms with Gasteiger partial charge in [0.25, 0.3) is 5.91 Å². The lowest BCUT2D eigenvalue weighted by molar-refractivity contribution is -0.132. The number of carbonyl (C=O) groups excluding carboxylic acids is 3. The topological polar surface area (TPSA) is 69.7 Å². The van der Waals surface area contributed by atoms with Crippen molar-refractivity contribution in [1.29, 1.82) is 0 Å². The van der Waals surface area contributed by atoms with Crippen LogP contribution in [-0.4, -0.2) is 42.8 Å². The second-order valence-electron chi connectivity index (χ2n) is 5.95. The predicted octanol–water partition coefficient (Wildman–Crippen LogP) is 0.904. The van der Waals surface area contributed by atoms with E-state index < -0.39 is 6.04 Å². The molecule has 0 aromatic heterocycles. The highest BCUT2D eigenvalue weighted by atomic mass is 16.2. The average molecular weight is 301 g/mol. The summed E-state index contributed by atoms with van der Waals surface area (Å²) in [6.07, 6.45) is 1.47. The van der Waals surface area contributed by atoms with E-state index in [1.807, 2.05) is 31.1 Å². The van der Waals surface area contributed by atoms with E-state index in [1.54, 1.807) is 11.0 Å². The van der Waals surface area contributed by atoms with Gasteiger partial charge >= 0.3 is 0 Å². The van der Waals surface area contributed by atoms with Gasteiger partial charge < -0.3 is 9.80 Å². The zero-order chi connectivity index (χ0) is 15.9. The maximum atomic E-state index is 12.7. The van der Waals surface area contributed by atoms with E-state index in [-0.39, 0.29) is 17.7 Å². The predicted molar refractivity (Wildman–Crippen MR) is 81.4 cm³/mol. The fourth-order valence-corrected chi connectivity index (χ4v) is 3.18. The molecule has 2 heterocycles. The third kappa shape index (κ3) is 2.34. The second-order valence-corrected chi connectivity index (χ2v) is 5.95. The van der Waals surface area contributed by atoms with Crippen LogP contribution in [0.4, 0.5) is 5.69 Å². The molecule has 0 aliphatic carbocycles. The molecule has 0 radical (unpaired) electrons. The monoisotopic (exact) mass is 301 g/mol. The SMILES string of the molecule is CN(C)c1cccc2c1CN(C1CCCC(=O)NC1=O)C2=O. The van der Waals surface area contributed by atoms with Gasteiger partial charge in [-0.15, -0.1) is 0 Å². The molecule has 1 unspecified atom stereocenters. The van der Waals surface area contributed by atoms with Crippen LogP contribution in [0, 0.1) is 0 Å². The van der Waals surface area contributed by atoms with Crippen molar-refractivity contribution in [3.8, 4) is 0 Å². The minimum absolute atomic E-state index is 0.131. The zero-order valence-electron chi connectivity index (χ0n) is 12.8. The van der Waals surface area contributed by atoms with Gasteiger partial charge in [0.2, 0.25) is 11.8 Å². The number of hydrogen-bond donors (Lipinski definition) is 1. The molecule has 2 aliphatic heterocycles. The molecule has 6 nitrogen and oxygen atoms in total. The van der Waals surface area contributed by atoms with Gasteiger partial charge in [-0.05, 0) is 25.0 Å². The molecule has 0 saturated carbocycles. The lowest BCUT2D eigenvalue weighted by Gasteiger charge is -2.25. The van der Waals surface area contributed by atoms with Gasteiger partial charge in [-0.2, -0.15) is 0 Å². The Hall–Kier alpha value is -2.37. The molecule has 0 spiro atoms. The van der Waals surface area contributed by atoms with Crippen molar-refractivity contribution in [3.05, 3.63) is 29.3 Å². The lowest BCUT2D eigenvalue weighted by atomic mass is 10.1. The second kappa shape index (κ2) is 5.44. The van der Waals surface area contributed by atoms with Gasteiger partial charge in [0.1, 0.15) is 6.04 Å². The molecule has 1 fully saturated rings. The molecule has 116 valence electrons. The van der Waals surface area contributed by atoms with Crippen LogP contribution >= 0.6 is 0 Å². The molecule has 1 atom stereocenters. The van der Waals surface area contributed by atoms with Crippen LogP contribution < -0.4 is 10.2 Å². The number of hydrogen-bond acceptors (Lipinski definition) is 4. The lowest BCUT2D eigenvalue weighted by Crippen LogP contribution is -2.46. The van der Waals surface area contributed by atoms with E-state index >= 15 is 0 Å². The van der Waals surface area contributed by atoms with Gasteiger partial charge in [-0.25, -0.2) is 0 Å². The van der Waals surface area contributed by atoms with Crippen molar-refractivity contribution >= 4 is 23.4 Å². The molecule has 1 aromatic carbocycles. The number of nitrogens with zero attached hydrogens (tertiary/aromatic N) is 2. The molecular weight excluding hydrogens is 282 g/mol. The zero-order valence-corrected chi connectivity index (χ0v) is 12.8. The summed E-state index contributed by atoms with van der Waals surface area (Å²) in [6.45, 7) is 0.412. The molecule has 0 bridgehead atoms. The quantitative estimate of drug-likeness (QED) is 0.824. The summed E-state index contributed by atoms with van der Waals surface area (Å²) in [6, 6.07) is 5.05. The number of benzene rings is 1. The summed E-state index contributed by atoms with van der Waals surface area (Å²) >= 11 is 0. The van der Waals surface area contributed by atoms with Gasteiger partial charge in [-0.1, -0.05) is 6.07 Å². The van der Waals surface area contributed by atoms with Crippen LogP contribution in [0.5, 0.6) is 0 Å². The fourth-order valence-electron chi connectivity index (χ4n) is 3.18. The summed E-state index contributed by atoms with van der Waals surface area (Å²) in [7, 11) is 3.86. The molecule has 1 saturated heterocycles. The van der Waals surface area contributed by atoms with Crippen molar-refractivity contribution in [3.63, 3.8) is 0 Å². The van der Waals surface area contributed by atoms with Crippen molar-refractivity contribution in [2.24, 2.45) is 0 Å². The first-order valence-corrected chi connectivity index (χ1v) is 7.43. The number of anilines is 1. The van der Waals surface area contributed by atoms with Gasteiger partial charge in [0.05, 0.1) is 0 Å². The highest BCUT2D eigenvalue weighted by molar-refractivity contribution is 6.05. The number of amides is 3. The minimum Gasteiger partial charge on any atom is -0.377 e. The van der Waals surface area contributed by atoms with E-state index in [1.165, 1.54) is 0 Å². The third-order valence-corrected chi connectivity index (χ3v) is 4.28. The maximum Gasteiger partial charge on any atom is 0.255 e. The summed E-state index contributed by atoms with van der Waals surface area (Å²) in [5, 5.41) is 2.37. The van der Waals surface area contributed by atoms with Crippen molar-refractivity contribution in [2.45, 2.75) is 31.8 Å². The Bertz CT molecular complexity index is 654. The fraction of sp³-hybridized carbons (Fsp3) is 0.438. The van der Waals surface area contributed by atoms with Crippen LogP contribution in [0.15, 0.2) is 18.2 Å². The van der Waals surface area contributed by atoms with Crippen molar-refractivity contribution in [1.82, 2.24) is 10.2 Å². The molecular formula is C16H19N3O3. The largest absolute Gasteiger partial charge is 0.377 e. The first kappa shape index (κ1) is 14.6. The van der Waals surface area contributed by atoms with Crippen LogP contribution in [0.25, 0.3) is 0 Å². The molecule has 1 N–H and O–H groups in total. The standard InChI is InChI=1S/C16H19N3O3/c1-18(2)12-6-3-5-10-11(12)9-19(16(10)22)13-7-4-8-14(20)17-15(13)21/h3,5-6,13H,4,7-9H2,1-2H3,(H,17,20,21). The molecule has 3 amide bonds. The number of carbonyl (C=O) groups is 3. The normalized spacial score (nSPS) is 21.5. The number of rotatable bonds is 2. The highest BCUT2D eigenvalue weighted by Crippen LogP contribution is 2.33. The Morgan fingerprint density at radius 3 is 2.73 bits per heavy atom. The number of nitrogens with one attached hydrogen (secondary N) is 1. The van der Waals surface area contributed by atoms with Crippen molar-refractivity contribution in [2.75, 3.05) is 19.0 Å². The van der Waals surface area contributed by atoms with Gasteiger partial charge in [0.15, 0.2) is 0 Å². The summed E-state index contributed by atoms with van der Waals surface area (Å²) in [4.78, 5) is 39.9. The van der Waals surface area contributed by atoms with E-state index in [9.17, 15) is 14.4 Å². The van der Waals surface area contributed by atoms with Crippen LogP contribution in [0.1, 0.15) is 35.2 Å². The first-order chi connectivity index (χ1) is 10.5. The smallest absolute Gasteiger partial charge is 0.255 e. The Morgan fingerprint density at radius 2 is 2.00 bits per heavy atom. The van der Waals surface area contributed by atoms with E-state index in [4.69, 9.17) is 0 Å².